The van der Waals surface area contributed by atoms with Gasteiger partial charge >= 0.3 is 13.9 Å². The number of hydrogen-bond acceptors (Lipinski definition) is 9. The van der Waals surface area contributed by atoms with E-state index in [0.717, 1.165) is 10.8 Å². The van der Waals surface area contributed by atoms with Gasteiger partial charge in [0.25, 0.3) is 0 Å². The molecule has 2 N–H and O–H groups in total. The molecular weight excluding hydrogens is 578 g/mol. The highest BCUT2D eigenvalue weighted by molar-refractivity contribution is 7.48. The molecule has 0 spiro atoms. The predicted octanol–water partition coefficient (Wildman–Crippen LogP) is 6.09. The average Bonchev–Trinajstić information content (AvgIpc) is 2.97. The molecule has 14 heteroatoms. The number of phosphoric ester groups is 1. The van der Waals surface area contributed by atoms with Gasteiger partial charge in [0.2, 0.25) is 5.91 Å². The van der Waals surface area contributed by atoms with Crippen molar-refractivity contribution < 1.29 is 36.9 Å². The van der Waals surface area contributed by atoms with Crippen molar-refractivity contribution >= 4 is 48.0 Å². The van der Waals surface area contributed by atoms with Gasteiger partial charge in [-0.2, -0.15) is 0 Å². The third-order valence-corrected chi connectivity index (χ3v) is 7.89. The Morgan fingerprint density at radius 2 is 1.83 bits per heavy atom. The first-order valence-electron chi connectivity index (χ1n) is 12.8. The van der Waals surface area contributed by atoms with Crippen molar-refractivity contribution in [3.8, 4) is 0 Å². The van der Waals surface area contributed by atoms with Gasteiger partial charge in [-0.05, 0) is 42.3 Å². The number of carbonyl (C=O) groups excluding carboxylic acids is 2. The van der Waals surface area contributed by atoms with Gasteiger partial charge in [0, 0.05) is 39.3 Å². The number of rotatable bonds is 15. The smallest absolute Gasteiger partial charge is 0.447 e. The number of halogens is 2. The highest BCUT2D eigenvalue weighted by Gasteiger charge is 2.25. The van der Waals surface area contributed by atoms with E-state index in [9.17, 15) is 18.5 Å². The van der Waals surface area contributed by atoms with Gasteiger partial charge in [-0.25, -0.2) is 24.2 Å². The van der Waals surface area contributed by atoms with E-state index in [-0.39, 0.29) is 30.7 Å². The minimum absolute atomic E-state index is 0.0495. The van der Waals surface area contributed by atoms with Crippen LogP contribution in [0.25, 0.3) is 10.8 Å². The molecule has 2 amide bonds. The number of hydrogen-bond donors (Lipinski definition) is 2. The van der Waals surface area contributed by atoms with Gasteiger partial charge < -0.3 is 4.74 Å². The molecule has 0 fully saturated rings. The fourth-order valence-electron chi connectivity index (χ4n) is 3.94. The summed E-state index contributed by atoms with van der Waals surface area (Å²) in [5, 5.41) is 5.68. The van der Waals surface area contributed by atoms with Crippen molar-refractivity contribution in [2.75, 3.05) is 32.8 Å². The van der Waals surface area contributed by atoms with E-state index in [1.807, 2.05) is 24.3 Å². The Bertz CT molecular complexity index is 1370. The standard InChI is InChI=1S/C27H33ClFN4O7P/c1-19(34)33(31-17-22-11-8-13-24(29)26(22)28)23(12-6-7-14-40-41(36,37-2)38-3)18-39-27(35)32-25-15-20-9-4-5-10-21(20)16-30-25/h4-5,8-11,13,15-16,23,31H,6-7,12,14,17-18H2,1-3H3,(H,30,32,35)/t23-/m0/s1. The number of pyridine rings is 1. The fourth-order valence-corrected chi connectivity index (χ4v) is 4.85. The zero-order valence-corrected chi connectivity index (χ0v) is 24.6. The summed E-state index contributed by atoms with van der Waals surface area (Å²) in [4.78, 5) is 29.5. The molecule has 222 valence electrons. The Balaban J connectivity index is 1.65. The van der Waals surface area contributed by atoms with Crippen LogP contribution < -0.4 is 10.7 Å². The van der Waals surface area contributed by atoms with Gasteiger partial charge in [0.05, 0.1) is 17.7 Å². The minimum Gasteiger partial charge on any atom is -0.447 e. The lowest BCUT2D eigenvalue weighted by molar-refractivity contribution is -0.136. The molecule has 2 aromatic carbocycles. The number of carbonyl (C=O) groups is 2. The minimum atomic E-state index is -3.61. The second-order valence-corrected chi connectivity index (χ2v) is 11.1. The highest BCUT2D eigenvalue weighted by atomic mass is 35.5. The number of fused-ring (bicyclic) bond motifs is 1. The first-order chi connectivity index (χ1) is 19.7. The zero-order valence-electron chi connectivity index (χ0n) is 23.0. The van der Waals surface area contributed by atoms with Crippen LogP contribution in [0.15, 0.2) is 54.7 Å². The largest absolute Gasteiger partial charge is 0.474 e. The summed E-state index contributed by atoms with van der Waals surface area (Å²) >= 11 is 6.07. The Morgan fingerprint density at radius 1 is 1.10 bits per heavy atom. The fraction of sp³-hybridized carbons (Fsp3) is 0.370. The van der Waals surface area contributed by atoms with Crippen LogP contribution in [0.4, 0.5) is 15.0 Å². The summed E-state index contributed by atoms with van der Waals surface area (Å²) < 4.78 is 46.2. The molecule has 11 nitrogen and oxygen atoms in total. The van der Waals surface area contributed by atoms with Crippen LogP contribution in [0.3, 0.4) is 0 Å². The number of unbranched alkanes of at least 4 members (excludes halogenated alkanes) is 1. The molecule has 0 saturated carbocycles. The number of aromatic nitrogens is 1. The van der Waals surface area contributed by atoms with Crippen molar-refractivity contribution in [1.29, 1.82) is 0 Å². The van der Waals surface area contributed by atoms with Crippen molar-refractivity contribution in [3.63, 3.8) is 0 Å². The molecule has 0 aliphatic rings. The Morgan fingerprint density at radius 3 is 2.54 bits per heavy atom. The molecule has 1 atom stereocenters. The van der Waals surface area contributed by atoms with E-state index < -0.39 is 25.8 Å². The second kappa shape index (κ2) is 15.8. The molecule has 0 bridgehead atoms. The highest BCUT2D eigenvalue weighted by Crippen LogP contribution is 2.47. The van der Waals surface area contributed by atoms with Crippen molar-refractivity contribution in [2.24, 2.45) is 0 Å². The molecule has 0 aliphatic heterocycles. The molecule has 41 heavy (non-hydrogen) atoms. The molecule has 1 heterocycles. The lowest BCUT2D eigenvalue weighted by atomic mass is 10.1. The third-order valence-electron chi connectivity index (χ3n) is 6.07. The lowest BCUT2D eigenvalue weighted by Gasteiger charge is -2.31. The number of benzene rings is 2. The van der Waals surface area contributed by atoms with Crippen LogP contribution in [0.1, 0.15) is 31.7 Å². The summed E-state index contributed by atoms with van der Waals surface area (Å²) in [5.74, 6) is -0.628. The van der Waals surface area contributed by atoms with Crippen LogP contribution >= 0.6 is 19.4 Å². The van der Waals surface area contributed by atoms with Crippen molar-refractivity contribution in [1.82, 2.24) is 15.4 Å². The topological polar surface area (TPSA) is 128 Å². The zero-order chi connectivity index (χ0) is 29.8. The van der Waals surface area contributed by atoms with E-state index >= 15 is 0 Å². The van der Waals surface area contributed by atoms with Gasteiger partial charge in [0.15, 0.2) is 0 Å². The molecule has 0 unspecified atom stereocenters. The third kappa shape index (κ3) is 9.74. The molecule has 0 aliphatic carbocycles. The number of hydrazine groups is 1. The first-order valence-corrected chi connectivity index (χ1v) is 14.6. The van der Waals surface area contributed by atoms with E-state index in [4.69, 9.17) is 29.9 Å². The second-order valence-electron chi connectivity index (χ2n) is 8.87. The Kier molecular flexibility index (Phi) is 12.5. The first kappa shape index (κ1) is 32.4. The normalized spacial score (nSPS) is 12.2. The van der Waals surface area contributed by atoms with E-state index in [0.29, 0.717) is 30.6 Å². The SMILES string of the molecule is COP(=O)(OC)OCCCC[C@@H](COC(=O)Nc1cc2ccccc2cn1)N(NCc1cccc(F)c1Cl)C(C)=O. The number of amides is 2. The summed E-state index contributed by atoms with van der Waals surface area (Å²) in [7, 11) is -1.17. The molecule has 1 aromatic heterocycles. The average molecular weight is 611 g/mol. The number of nitrogens with one attached hydrogen (secondary N) is 2. The number of phosphoric acid groups is 1. The van der Waals surface area contributed by atoms with E-state index in [1.165, 1.54) is 38.3 Å². The molecule has 3 rings (SSSR count). The van der Waals surface area contributed by atoms with Crippen molar-refractivity contribution in [3.05, 3.63) is 71.1 Å². The number of ether oxygens (including phenoxy) is 1. The maximum absolute atomic E-state index is 13.9. The summed E-state index contributed by atoms with van der Waals surface area (Å²) in [5.41, 5.74) is 3.42. The van der Waals surface area contributed by atoms with Crippen molar-refractivity contribution in [2.45, 2.75) is 38.8 Å². The maximum Gasteiger partial charge on any atom is 0.474 e. The predicted molar refractivity (Wildman–Crippen MR) is 153 cm³/mol. The summed E-state index contributed by atoms with van der Waals surface area (Å²) in [6.45, 7) is 1.31. The van der Waals surface area contributed by atoms with Gasteiger partial charge in [-0.1, -0.05) is 48.0 Å². The van der Waals surface area contributed by atoms with Crippen LogP contribution in [0, 0.1) is 5.82 Å². The number of nitrogens with zero attached hydrogens (tertiary/aromatic N) is 2. The summed E-state index contributed by atoms with van der Waals surface area (Å²) in [6.07, 6.45) is 2.21. The Labute approximate surface area is 242 Å². The van der Waals surface area contributed by atoms with Gasteiger partial charge in [0.1, 0.15) is 18.2 Å². The van der Waals surface area contributed by atoms with Crippen LogP contribution in [0.2, 0.25) is 5.02 Å². The summed E-state index contributed by atoms with van der Waals surface area (Å²) in [6, 6.07) is 13.1. The maximum atomic E-state index is 13.9. The van der Waals surface area contributed by atoms with Gasteiger partial charge in [-0.15, -0.1) is 0 Å². The molecule has 3 aromatic rings. The monoisotopic (exact) mass is 610 g/mol. The molecule has 0 saturated heterocycles. The molecular formula is C27H33ClFN4O7P. The van der Waals surface area contributed by atoms with E-state index in [1.54, 1.807) is 18.3 Å². The van der Waals surface area contributed by atoms with E-state index in [2.05, 4.69) is 15.7 Å². The quantitative estimate of drug-likeness (QED) is 0.119. The molecule has 0 radical (unpaired) electrons. The Hall–Kier alpha value is -3.12. The van der Waals surface area contributed by atoms with Crippen LogP contribution in [0.5, 0.6) is 0 Å². The van der Waals surface area contributed by atoms with Crippen LogP contribution in [-0.2, 0) is 34.2 Å². The van der Waals surface area contributed by atoms with Crippen LogP contribution in [-0.4, -0.2) is 55.5 Å². The van der Waals surface area contributed by atoms with Gasteiger partial charge in [-0.3, -0.25) is 28.7 Å². The lowest BCUT2D eigenvalue weighted by Crippen LogP contribution is -2.50. The number of anilines is 1.